The molecule has 0 aliphatic heterocycles. The number of fused-ring (bicyclic) bond motifs is 2. The molecule has 0 saturated carbocycles. The largest absolute Gasteiger partial charge is 0.494 e. The third-order valence-electron chi connectivity index (χ3n) is 5.81. The average molecular weight is 533 g/mol. The van der Waals surface area contributed by atoms with E-state index < -0.39 is 32.4 Å². The first-order valence-electron chi connectivity index (χ1n) is 11.1. The van der Waals surface area contributed by atoms with E-state index >= 15 is 0 Å². The van der Waals surface area contributed by atoms with E-state index in [0.717, 1.165) is 5.56 Å². The lowest BCUT2D eigenvalue weighted by Crippen LogP contribution is -2.48. The lowest BCUT2D eigenvalue weighted by Gasteiger charge is -2.27. The molecular formula is C25H25FNO9P. The Balaban J connectivity index is 1.57. The van der Waals surface area contributed by atoms with Gasteiger partial charge >= 0.3 is 7.82 Å². The number of phosphoric ester groups is 1. The van der Waals surface area contributed by atoms with Crippen molar-refractivity contribution in [3.05, 3.63) is 76.2 Å². The Morgan fingerprint density at radius 2 is 1.76 bits per heavy atom. The van der Waals surface area contributed by atoms with Crippen LogP contribution in [-0.4, -0.2) is 40.8 Å². The number of halogens is 1. The minimum absolute atomic E-state index is 0.0836. The van der Waals surface area contributed by atoms with Gasteiger partial charge in [0.25, 0.3) is 0 Å². The zero-order chi connectivity index (χ0) is 26.8. The van der Waals surface area contributed by atoms with Crippen molar-refractivity contribution in [2.45, 2.75) is 18.4 Å². The van der Waals surface area contributed by atoms with Gasteiger partial charge < -0.3 is 34.5 Å². The number of aryl methyl sites for hydroxylation is 1. The number of hydrogen-bond acceptors (Lipinski definition) is 8. The van der Waals surface area contributed by atoms with Gasteiger partial charge in [0.1, 0.15) is 22.7 Å². The molecule has 1 heterocycles. The monoisotopic (exact) mass is 533 g/mol. The van der Waals surface area contributed by atoms with Crippen LogP contribution in [0.1, 0.15) is 12.0 Å². The highest BCUT2D eigenvalue weighted by Crippen LogP contribution is 2.37. The maximum atomic E-state index is 14.0. The summed E-state index contributed by atoms with van der Waals surface area (Å²) in [6.07, 6.45) is 0.476. The molecule has 37 heavy (non-hydrogen) atoms. The summed E-state index contributed by atoms with van der Waals surface area (Å²) in [7, 11) is -3.37. The Kier molecular flexibility index (Phi) is 7.65. The normalized spacial score (nSPS) is 13.6. The van der Waals surface area contributed by atoms with Crippen LogP contribution in [0.3, 0.4) is 0 Å². The minimum Gasteiger partial charge on any atom is -0.494 e. The number of nitrogens with two attached hydrogens (primary N) is 1. The summed E-state index contributed by atoms with van der Waals surface area (Å²) in [5.74, 6) is 0.0567. The molecule has 3 aromatic carbocycles. The smallest absolute Gasteiger partial charge is 0.469 e. The van der Waals surface area contributed by atoms with Gasteiger partial charge in [0, 0.05) is 6.07 Å². The quantitative estimate of drug-likeness (QED) is 0.175. The Bertz CT molecular complexity index is 1550. The lowest BCUT2D eigenvalue weighted by molar-refractivity contribution is 0.102. The van der Waals surface area contributed by atoms with E-state index in [9.17, 15) is 18.9 Å². The lowest BCUT2D eigenvalue weighted by atomic mass is 9.93. The fourth-order valence-corrected chi connectivity index (χ4v) is 4.17. The first kappa shape index (κ1) is 26.7. The third-order valence-corrected chi connectivity index (χ3v) is 6.28. The van der Waals surface area contributed by atoms with Crippen LogP contribution in [0.2, 0.25) is 0 Å². The maximum absolute atomic E-state index is 14.0. The SMILES string of the molecule is COc1ccc(Oc2ccc3oc4cc(CCC(N)(CO)COP(=O)(O)O)ccc4c(=O)c3c2)cc1F. The van der Waals surface area contributed by atoms with Gasteiger partial charge in [-0.05, 0) is 60.9 Å². The molecule has 196 valence electrons. The van der Waals surface area contributed by atoms with Crippen molar-refractivity contribution < 1.29 is 42.3 Å². The maximum Gasteiger partial charge on any atom is 0.469 e. The number of aliphatic hydroxyl groups is 1. The van der Waals surface area contributed by atoms with Crippen LogP contribution in [0, 0.1) is 5.82 Å². The molecule has 12 heteroatoms. The van der Waals surface area contributed by atoms with Gasteiger partial charge in [-0.1, -0.05) is 6.07 Å². The summed E-state index contributed by atoms with van der Waals surface area (Å²) < 4.78 is 45.9. The molecule has 1 unspecified atom stereocenters. The van der Waals surface area contributed by atoms with Gasteiger partial charge in [-0.3, -0.25) is 9.32 Å². The van der Waals surface area contributed by atoms with E-state index in [1.165, 1.54) is 25.3 Å². The number of hydrogen-bond donors (Lipinski definition) is 4. The van der Waals surface area contributed by atoms with Crippen LogP contribution in [0.4, 0.5) is 4.39 Å². The Morgan fingerprint density at radius 1 is 1.03 bits per heavy atom. The number of methoxy groups -OCH3 is 1. The van der Waals surface area contributed by atoms with E-state index in [1.54, 1.807) is 36.4 Å². The van der Waals surface area contributed by atoms with Gasteiger partial charge in [-0.2, -0.15) is 0 Å². The van der Waals surface area contributed by atoms with Crippen molar-refractivity contribution in [1.82, 2.24) is 0 Å². The van der Waals surface area contributed by atoms with Gasteiger partial charge in [-0.15, -0.1) is 0 Å². The standard InChI is InChI=1S/C25H25FNO9P/c1-33-22-7-4-17(12-20(22)26)35-16-3-6-21-19(11-16)24(29)18-5-2-15(10-23(18)36-21)8-9-25(27,13-28)14-34-37(30,31)32/h2-7,10-12,28H,8-9,13-14,27H2,1H3,(H2,30,31,32). The number of ether oxygens (including phenoxy) is 2. The van der Waals surface area contributed by atoms with Crippen molar-refractivity contribution >= 4 is 29.8 Å². The number of benzene rings is 3. The number of rotatable bonds is 10. The number of phosphoric acid groups is 1. The van der Waals surface area contributed by atoms with Crippen molar-refractivity contribution in [2.75, 3.05) is 20.3 Å². The fourth-order valence-electron chi connectivity index (χ4n) is 3.75. The molecule has 5 N–H and O–H groups in total. The molecule has 0 aliphatic carbocycles. The predicted octanol–water partition coefficient (Wildman–Crippen LogP) is 3.62. The molecule has 0 radical (unpaired) electrons. The first-order chi connectivity index (χ1) is 17.5. The summed E-state index contributed by atoms with van der Waals surface area (Å²) in [5, 5.41) is 10.2. The summed E-state index contributed by atoms with van der Waals surface area (Å²) in [6, 6.07) is 13.8. The van der Waals surface area contributed by atoms with Crippen molar-refractivity contribution in [3.63, 3.8) is 0 Å². The number of aliphatic hydroxyl groups excluding tert-OH is 1. The molecule has 10 nitrogen and oxygen atoms in total. The molecule has 1 aromatic heterocycles. The highest BCUT2D eigenvalue weighted by Gasteiger charge is 2.28. The van der Waals surface area contributed by atoms with Crippen molar-refractivity contribution in [1.29, 1.82) is 0 Å². The predicted molar refractivity (Wildman–Crippen MR) is 133 cm³/mol. The Morgan fingerprint density at radius 3 is 2.43 bits per heavy atom. The summed E-state index contributed by atoms with van der Waals surface area (Å²) in [6.45, 7) is -1.08. The van der Waals surface area contributed by atoms with Crippen LogP contribution < -0.4 is 20.6 Å². The summed E-state index contributed by atoms with van der Waals surface area (Å²) >= 11 is 0. The van der Waals surface area contributed by atoms with E-state index in [4.69, 9.17) is 29.4 Å². The zero-order valence-corrected chi connectivity index (χ0v) is 20.6. The summed E-state index contributed by atoms with van der Waals surface area (Å²) in [4.78, 5) is 30.9. The van der Waals surface area contributed by atoms with Crippen LogP contribution >= 0.6 is 7.82 Å². The zero-order valence-electron chi connectivity index (χ0n) is 19.7. The molecule has 0 saturated heterocycles. The molecule has 0 spiro atoms. The van der Waals surface area contributed by atoms with E-state index in [-0.39, 0.29) is 28.7 Å². The molecule has 0 aliphatic rings. The van der Waals surface area contributed by atoms with E-state index in [1.807, 2.05) is 0 Å². The third kappa shape index (κ3) is 6.34. The first-order valence-corrected chi connectivity index (χ1v) is 12.6. The minimum atomic E-state index is -4.73. The molecule has 1 atom stereocenters. The van der Waals surface area contributed by atoms with Gasteiger partial charge in [0.15, 0.2) is 11.6 Å². The molecule has 4 rings (SSSR count). The van der Waals surface area contributed by atoms with Gasteiger partial charge in [0.05, 0.1) is 36.6 Å². The van der Waals surface area contributed by atoms with Crippen LogP contribution in [0.15, 0.2) is 63.8 Å². The van der Waals surface area contributed by atoms with Crippen molar-refractivity contribution in [2.24, 2.45) is 5.73 Å². The van der Waals surface area contributed by atoms with Gasteiger partial charge in [0.2, 0.25) is 5.43 Å². The Labute approximate surface area is 210 Å². The fraction of sp³-hybridized carbons (Fsp3) is 0.240. The van der Waals surface area contributed by atoms with Crippen LogP contribution in [0.5, 0.6) is 17.2 Å². The molecule has 0 bridgehead atoms. The second-order valence-corrected chi connectivity index (χ2v) is 9.84. The van der Waals surface area contributed by atoms with Gasteiger partial charge in [-0.25, -0.2) is 8.96 Å². The van der Waals surface area contributed by atoms with E-state index in [2.05, 4.69) is 4.52 Å². The average Bonchev–Trinajstić information content (AvgIpc) is 2.86. The Hall–Kier alpha value is -3.31. The molecule has 4 aromatic rings. The van der Waals surface area contributed by atoms with Crippen molar-refractivity contribution in [3.8, 4) is 17.2 Å². The highest BCUT2D eigenvalue weighted by molar-refractivity contribution is 7.46. The second kappa shape index (κ2) is 10.6. The van der Waals surface area contributed by atoms with E-state index in [0.29, 0.717) is 28.7 Å². The topological polar surface area (TPSA) is 162 Å². The molecule has 0 fully saturated rings. The summed E-state index contributed by atoms with van der Waals surface area (Å²) in [5.41, 5.74) is 5.75. The highest BCUT2D eigenvalue weighted by atomic mass is 31.2. The molecule has 0 amide bonds. The van der Waals surface area contributed by atoms with Crippen LogP contribution in [0.25, 0.3) is 21.9 Å². The molecular weight excluding hydrogens is 508 g/mol. The van der Waals surface area contributed by atoms with Crippen LogP contribution in [-0.2, 0) is 15.5 Å². The second-order valence-electron chi connectivity index (χ2n) is 8.60.